The van der Waals surface area contributed by atoms with Gasteiger partial charge in [-0.25, -0.2) is 0 Å². The lowest BCUT2D eigenvalue weighted by atomic mass is 10.0. The van der Waals surface area contributed by atoms with Gasteiger partial charge in [-0.05, 0) is 18.4 Å². The van der Waals surface area contributed by atoms with Crippen LogP contribution in [0, 0.1) is 16.0 Å². The van der Waals surface area contributed by atoms with Gasteiger partial charge in [0.15, 0.2) is 5.78 Å². The average Bonchev–Trinajstić information content (AvgIpc) is 2.78. The summed E-state index contributed by atoms with van der Waals surface area (Å²) < 4.78 is 0. The molecule has 0 radical (unpaired) electrons. The van der Waals surface area contributed by atoms with Crippen molar-refractivity contribution in [1.82, 2.24) is 4.98 Å². The van der Waals surface area contributed by atoms with Crippen molar-refractivity contribution < 1.29 is 9.72 Å². The Bertz CT molecular complexity index is 629. The maximum absolute atomic E-state index is 12.1. The third-order valence-corrected chi connectivity index (χ3v) is 3.13. The number of carbonyl (C=O) groups excluding carboxylic acids is 1. The molecular formula is C14H16N2O3. The first-order chi connectivity index (χ1) is 8.99. The second-order valence-corrected chi connectivity index (χ2v) is 5.05. The summed E-state index contributed by atoms with van der Waals surface area (Å²) in [6.45, 7) is 4.13. The zero-order valence-electron chi connectivity index (χ0n) is 11.0. The van der Waals surface area contributed by atoms with Crippen LogP contribution in [0.2, 0.25) is 0 Å². The van der Waals surface area contributed by atoms with E-state index in [-0.39, 0.29) is 11.5 Å². The van der Waals surface area contributed by atoms with Crippen LogP contribution in [-0.4, -0.2) is 15.7 Å². The number of aromatic amines is 1. The van der Waals surface area contributed by atoms with Gasteiger partial charge in [-0.15, -0.1) is 0 Å². The molecule has 0 aliphatic carbocycles. The molecule has 0 bridgehead atoms. The highest BCUT2D eigenvalue weighted by Crippen LogP contribution is 2.25. The number of ketones is 1. The third kappa shape index (κ3) is 2.81. The van der Waals surface area contributed by atoms with E-state index in [4.69, 9.17) is 0 Å². The highest BCUT2D eigenvalue weighted by atomic mass is 16.6. The van der Waals surface area contributed by atoms with E-state index in [2.05, 4.69) is 18.8 Å². The van der Waals surface area contributed by atoms with Gasteiger partial charge in [-0.3, -0.25) is 14.9 Å². The molecule has 0 atom stereocenters. The molecule has 5 heteroatoms. The molecule has 0 saturated heterocycles. The molecule has 1 N–H and O–H groups in total. The van der Waals surface area contributed by atoms with Gasteiger partial charge in [-0.1, -0.05) is 13.8 Å². The second kappa shape index (κ2) is 5.22. The number of rotatable bonds is 5. The van der Waals surface area contributed by atoms with E-state index in [1.54, 1.807) is 12.3 Å². The molecule has 2 aromatic rings. The third-order valence-electron chi connectivity index (χ3n) is 3.13. The van der Waals surface area contributed by atoms with E-state index in [0.29, 0.717) is 23.3 Å². The summed E-state index contributed by atoms with van der Waals surface area (Å²) in [5.41, 5.74) is 1.29. The fraction of sp³-hybridized carbons (Fsp3) is 0.357. The molecule has 0 aliphatic rings. The van der Waals surface area contributed by atoms with Crippen LogP contribution >= 0.6 is 0 Å². The second-order valence-electron chi connectivity index (χ2n) is 5.05. The fourth-order valence-corrected chi connectivity index (χ4v) is 2.01. The number of nitro benzene ring substituents is 1. The number of aromatic nitrogens is 1. The summed E-state index contributed by atoms with van der Waals surface area (Å²) in [5.74, 6) is 0.490. The van der Waals surface area contributed by atoms with E-state index >= 15 is 0 Å². The zero-order chi connectivity index (χ0) is 14.0. The smallest absolute Gasteiger partial charge is 0.270 e. The van der Waals surface area contributed by atoms with Crippen LogP contribution in [0.3, 0.4) is 0 Å². The highest BCUT2D eigenvalue weighted by Gasteiger charge is 2.15. The minimum atomic E-state index is -0.450. The molecule has 1 heterocycles. The molecular weight excluding hydrogens is 244 g/mol. The molecule has 0 spiro atoms. The zero-order valence-corrected chi connectivity index (χ0v) is 11.0. The van der Waals surface area contributed by atoms with Gasteiger partial charge >= 0.3 is 0 Å². The topological polar surface area (TPSA) is 76.0 Å². The number of fused-ring (bicyclic) bond motifs is 1. The SMILES string of the molecule is CC(C)CCC(=O)c1c[nH]c2ccc([N+](=O)[O-])cc12. The number of nitro groups is 1. The quantitative estimate of drug-likeness (QED) is 0.506. The van der Waals surface area contributed by atoms with Crippen LogP contribution in [0.25, 0.3) is 10.9 Å². The summed E-state index contributed by atoms with van der Waals surface area (Å²) in [6, 6.07) is 4.52. The minimum Gasteiger partial charge on any atom is -0.360 e. The number of hydrogen-bond donors (Lipinski definition) is 1. The fourth-order valence-electron chi connectivity index (χ4n) is 2.01. The Morgan fingerprint density at radius 3 is 2.79 bits per heavy atom. The Hall–Kier alpha value is -2.17. The van der Waals surface area contributed by atoms with Crippen LogP contribution in [0.1, 0.15) is 37.0 Å². The molecule has 1 aromatic heterocycles. The molecule has 0 saturated carbocycles. The predicted octanol–water partition coefficient (Wildman–Crippen LogP) is 3.70. The van der Waals surface area contributed by atoms with Crippen molar-refractivity contribution in [3.63, 3.8) is 0 Å². The number of nitrogens with zero attached hydrogens (tertiary/aromatic N) is 1. The van der Waals surface area contributed by atoms with Crippen molar-refractivity contribution in [2.45, 2.75) is 26.7 Å². The van der Waals surface area contributed by atoms with Crippen molar-refractivity contribution in [2.24, 2.45) is 5.92 Å². The summed E-state index contributed by atoms with van der Waals surface area (Å²) >= 11 is 0. The van der Waals surface area contributed by atoms with Crippen molar-refractivity contribution in [3.8, 4) is 0 Å². The monoisotopic (exact) mass is 260 g/mol. The number of carbonyl (C=O) groups is 1. The predicted molar refractivity (Wildman–Crippen MR) is 73.4 cm³/mol. The molecule has 1 aromatic carbocycles. The van der Waals surface area contributed by atoms with Gasteiger partial charge in [-0.2, -0.15) is 0 Å². The normalized spacial score (nSPS) is 11.1. The maximum Gasteiger partial charge on any atom is 0.270 e. The molecule has 5 nitrogen and oxygen atoms in total. The van der Waals surface area contributed by atoms with Gasteiger partial charge in [0, 0.05) is 41.2 Å². The minimum absolute atomic E-state index is 0.00464. The lowest BCUT2D eigenvalue weighted by Gasteiger charge is -2.03. The first kappa shape index (κ1) is 13.3. The Morgan fingerprint density at radius 2 is 2.16 bits per heavy atom. The Kier molecular flexibility index (Phi) is 3.64. The standard InChI is InChI=1S/C14H16N2O3/c1-9(2)3-6-14(17)12-8-15-13-5-4-10(16(18)19)7-11(12)13/h4-5,7-9,15H,3,6H2,1-2H3. The van der Waals surface area contributed by atoms with E-state index in [1.807, 2.05) is 0 Å². The van der Waals surface area contributed by atoms with Gasteiger partial charge in [0.1, 0.15) is 0 Å². The molecule has 19 heavy (non-hydrogen) atoms. The van der Waals surface area contributed by atoms with Crippen molar-refractivity contribution in [2.75, 3.05) is 0 Å². The highest BCUT2D eigenvalue weighted by molar-refractivity contribution is 6.08. The number of nitrogens with one attached hydrogen (secondary N) is 1. The number of non-ortho nitro benzene ring substituents is 1. The van der Waals surface area contributed by atoms with Crippen LogP contribution in [0.5, 0.6) is 0 Å². The lowest BCUT2D eigenvalue weighted by molar-refractivity contribution is -0.384. The summed E-state index contributed by atoms with van der Waals surface area (Å²) in [4.78, 5) is 25.4. The maximum atomic E-state index is 12.1. The van der Waals surface area contributed by atoms with Crippen LogP contribution in [0.15, 0.2) is 24.4 Å². The first-order valence-electron chi connectivity index (χ1n) is 6.27. The van der Waals surface area contributed by atoms with Crippen LogP contribution in [-0.2, 0) is 0 Å². The number of hydrogen-bond acceptors (Lipinski definition) is 3. The Morgan fingerprint density at radius 1 is 1.42 bits per heavy atom. The summed E-state index contributed by atoms with van der Waals surface area (Å²) in [7, 11) is 0. The van der Waals surface area contributed by atoms with E-state index in [0.717, 1.165) is 11.9 Å². The molecule has 0 unspecified atom stereocenters. The van der Waals surface area contributed by atoms with Gasteiger partial charge < -0.3 is 4.98 Å². The summed E-state index contributed by atoms with van der Waals surface area (Å²) in [6.07, 6.45) is 2.92. The molecule has 0 aliphatic heterocycles. The largest absolute Gasteiger partial charge is 0.360 e. The molecule has 100 valence electrons. The van der Waals surface area contributed by atoms with Crippen LogP contribution in [0.4, 0.5) is 5.69 Å². The Balaban J connectivity index is 2.35. The van der Waals surface area contributed by atoms with Crippen LogP contribution < -0.4 is 0 Å². The summed E-state index contributed by atoms with van der Waals surface area (Å²) in [5, 5.41) is 11.4. The lowest BCUT2D eigenvalue weighted by Crippen LogP contribution is -2.00. The molecule has 2 rings (SSSR count). The van der Waals surface area contributed by atoms with Gasteiger partial charge in [0.25, 0.3) is 5.69 Å². The average molecular weight is 260 g/mol. The molecule has 0 amide bonds. The van der Waals surface area contributed by atoms with Crippen molar-refractivity contribution in [1.29, 1.82) is 0 Å². The van der Waals surface area contributed by atoms with Gasteiger partial charge in [0.05, 0.1) is 4.92 Å². The number of benzene rings is 1. The molecule has 0 fully saturated rings. The van der Waals surface area contributed by atoms with E-state index in [9.17, 15) is 14.9 Å². The van der Waals surface area contributed by atoms with E-state index in [1.165, 1.54) is 12.1 Å². The number of Topliss-reactive ketones (excluding diaryl/α,β-unsaturated/α-hetero) is 1. The van der Waals surface area contributed by atoms with Gasteiger partial charge in [0.2, 0.25) is 0 Å². The van der Waals surface area contributed by atoms with E-state index < -0.39 is 4.92 Å². The number of H-pyrrole nitrogens is 1. The Labute approximate surface area is 110 Å². The van der Waals surface area contributed by atoms with Crippen molar-refractivity contribution >= 4 is 22.4 Å². The first-order valence-corrected chi connectivity index (χ1v) is 6.27. The van der Waals surface area contributed by atoms with Crippen molar-refractivity contribution in [3.05, 3.63) is 40.1 Å².